The van der Waals surface area contributed by atoms with Crippen molar-refractivity contribution in [3.8, 4) is 50.7 Å². The van der Waals surface area contributed by atoms with Crippen molar-refractivity contribution in [2.45, 2.75) is 70.6 Å². The Hall–Kier alpha value is -5.80. The smallest absolute Gasteiger partial charge is 0.160 e. The second-order valence-electron chi connectivity index (χ2n) is 17.3. The molecule has 0 aliphatic heterocycles. The van der Waals surface area contributed by atoms with Crippen LogP contribution in [-0.2, 0) is 16.2 Å². The number of benzene rings is 6. The summed E-state index contributed by atoms with van der Waals surface area (Å²) in [6.45, 7) is 14.3. The van der Waals surface area contributed by atoms with Crippen molar-refractivity contribution >= 4 is 21.8 Å². The quantitative estimate of drug-likeness (QED) is 0.183. The molecule has 3 nitrogen and oxygen atoms in total. The molecule has 0 atom stereocenters. The van der Waals surface area contributed by atoms with Crippen molar-refractivity contribution in [1.29, 1.82) is 0 Å². The molecule has 2 aliphatic rings. The standard InChI is InChI=1S/C51H45N3/c1-49(2)26-27-50(3,4)43-30-47-39(29-42(43)49)37-17-11-13-19-46(37)54(47)35-23-20-32(21-24-35)44-31-45(53-48(52-44)33-14-8-7-9-15-33)34-22-25-41-38(28-34)36-16-10-12-18-40(36)51(41,5)6/h7-25,28-31H,26-27H2,1-6H3. The molecule has 0 N–H and O–H groups in total. The van der Waals surface area contributed by atoms with Crippen LogP contribution < -0.4 is 0 Å². The molecule has 3 heteroatoms. The van der Waals surface area contributed by atoms with Gasteiger partial charge in [0, 0.05) is 38.6 Å². The first-order valence-corrected chi connectivity index (χ1v) is 19.4. The van der Waals surface area contributed by atoms with Crippen LogP contribution in [0.15, 0.2) is 140 Å². The van der Waals surface area contributed by atoms with Gasteiger partial charge in [-0.25, -0.2) is 9.97 Å². The molecule has 0 spiro atoms. The zero-order valence-electron chi connectivity index (χ0n) is 32.0. The highest BCUT2D eigenvalue weighted by Crippen LogP contribution is 2.50. The van der Waals surface area contributed by atoms with E-state index in [0.717, 1.165) is 39.6 Å². The molecule has 0 unspecified atom stereocenters. The monoisotopic (exact) mass is 699 g/mol. The SMILES string of the molecule is CC1(C)CCC(C)(C)c2cc3c(cc21)c1ccccc1n3-c1ccc(-c2cc(-c3ccc4c(c3)-c3ccccc3C4(C)C)nc(-c3ccccc3)n2)cc1. The third kappa shape index (κ3) is 4.94. The Morgan fingerprint density at radius 2 is 1.06 bits per heavy atom. The molecular weight excluding hydrogens is 655 g/mol. The third-order valence-electron chi connectivity index (χ3n) is 12.7. The molecule has 54 heavy (non-hydrogen) atoms. The third-order valence-corrected chi connectivity index (χ3v) is 12.7. The van der Waals surface area contributed by atoms with Gasteiger partial charge in [0.1, 0.15) is 0 Å². The lowest BCUT2D eigenvalue weighted by molar-refractivity contribution is 0.332. The number of fused-ring (bicyclic) bond motifs is 7. The predicted octanol–water partition coefficient (Wildman–Crippen LogP) is 13.2. The zero-order valence-corrected chi connectivity index (χ0v) is 32.0. The maximum atomic E-state index is 5.19. The largest absolute Gasteiger partial charge is 0.309 e. The Labute approximate surface area is 318 Å². The Bertz CT molecular complexity index is 2780. The van der Waals surface area contributed by atoms with Crippen LogP contribution in [0.2, 0.25) is 0 Å². The van der Waals surface area contributed by atoms with Gasteiger partial charge in [0.2, 0.25) is 0 Å². The van der Waals surface area contributed by atoms with Crippen LogP contribution in [0, 0.1) is 0 Å². The highest BCUT2D eigenvalue weighted by atomic mass is 15.0. The van der Waals surface area contributed by atoms with Gasteiger partial charge >= 0.3 is 0 Å². The number of para-hydroxylation sites is 1. The van der Waals surface area contributed by atoms with Crippen molar-refractivity contribution in [1.82, 2.24) is 14.5 Å². The Morgan fingerprint density at radius 1 is 0.444 bits per heavy atom. The highest BCUT2D eigenvalue weighted by Gasteiger charge is 2.38. The summed E-state index contributed by atoms with van der Waals surface area (Å²) in [5, 5.41) is 2.62. The summed E-state index contributed by atoms with van der Waals surface area (Å²) in [6.07, 6.45) is 2.39. The molecule has 6 aromatic carbocycles. The first-order chi connectivity index (χ1) is 26.0. The molecule has 0 saturated heterocycles. The molecule has 2 aromatic heterocycles. The molecule has 8 aromatic rings. The molecule has 10 rings (SSSR count). The van der Waals surface area contributed by atoms with Crippen LogP contribution in [0.25, 0.3) is 72.5 Å². The van der Waals surface area contributed by atoms with Gasteiger partial charge in [-0.3, -0.25) is 0 Å². The molecule has 2 heterocycles. The Morgan fingerprint density at radius 3 is 1.81 bits per heavy atom. The minimum absolute atomic E-state index is 0.0409. The summed E-state index contributed by atoms with van der Waals surface area (Å²) < 4.78 is 2.46. The van der Waals surface area contributed by atoms with E-state index < -0.39 is 0 Å². The normalized spacial score (nSPS) is 16.3. The van der Waals surface area contributed by atoms with Crippen LogP contribution in [0.4, 0.5) is 0 Å². The molecule has 264 valence electrons. The van der Waals surface area contributed by atoms with Crippen molar-refractivity contribution in [2.75, 3.05) is 0 Å². The highest BCUT2D eigenvalue weighted by molar-refractivity contribution is 6.10. The van der Waals surface area contributed by atoms with E-state index in [9.17, 15) is 0 Å². The first kappa shape index (κ1) is 32.8. The summed E-state index contributed by atoms with van der Waals surface area (Å²) >= 11 is 0. The van der Waals surface area contributed by atoms with Gasteiger partial charge in [-0.1, -0.05) is 139 Å². The Balaban J connectivity index is 1.11. The van der Waals surface area contributed by atoms with E-state index in [1.807, 2.05) is 6.07 Å². The minimum atomic E-state index is -0.0409. The summed E-state index contributed by atoms with van der Waals surface area (Å²) in [7, 11) is 0. The van der Waals surface area contributed by atoms with Gasteiger partial charge in [-0.15, -0.1) is 0 Å². The van der Waals surface area contributed by atoms with Gasteiger partial charge in [-0.05, 0) is 99.5 Å². The molecule has 0 radical (unpaired) electrons. The predicted molar refractivity (Wildman–Crippen MR) is 226 cm³/mol. The van der Waals surface area contributed by atoms with Crippen molar-refractivity contribution in [2.24, 2.45) is 0 Å². The van der Waals surface area contributed by atoms with E-state index in [2.05, 4.69) is 180 Å². The maximum Gasteiger partial charge on any atom is 0.160 e. The summed E-state index contributed by atoms with van der Waals surface area (Å²) in [5.41, 5.74) is 17.2. The van der Waals surface area contributed by atoms with E-state index in [1.54, 1.807) is 0 Å². The van der Waals surface area contributed by atoms with Crippen LogP contribution in [0.1, 0.15) is 76.6 Å². The molecule has 0 amide bonds. The lowest BCUT2D eigenvalue weighted by atomic mass is 9.63. The topological polar surface area (TPSA) is 30.7 Å². The molecule has 0 saturated carbocycles. The van der Waals surface area contributed by atoms with E-state index in [-0.39, 0.29) is 16.2 Å². The van der Waals surface area contributed by atoms with Gasteiger partial charge in [0.05, 0.1) is 22.4 Å². The number of nitrogens with zero attached hydrogens (tertiary/aromatic N) is 3. The lowest BCUT2D eigenvalue weighted by Crippen LogP contribution is -2.33. The van der Waals surface area contributed by atoms with Crippen molar-refractivity contribution in [3.63, 3.8) is 0 Å². The number of hydrogen-bond donors (Lipinski definition) is 0. The van der Waals surface area contributed by atoms with Crippen molar-refractivity contribution in [3.05, 3.63) is 162 Å². The van der Waals surface area contributed by atoms with Crippen LogP contribution in [0.5, 0.6) is 0 Å². The second kappa shape index (κ2) is 11.6. The van der Waals surface area contributed by atoms with E-state index in [0.29, 0.717) is 0 Å². The van der Waals surface area contributed by atoms with Gasteiger partial charge in [-0.2, -0.15) is 0 Å². The summed E-state index contributed by atoms with van der Waals surface area (Å²) in [4.78, 5) is 10.4. The van der Waals surface area contributed by atoms with Gasteiger partial charge in [0.15, 0.2) is 5.82 Å². The zero-order chi connectivity index (χ0) is 37.0. The average Bonchev–Trinajstić information content (AvgIpc) is 3.64. The first-order valence-electron chi connectivity index (χ1n) is 19.4. The maximum absolute atomic E-state index is 5.19. The molecule has 0 fully saturated rings. The number of hydrogen-bond acceptors (Lipinski definition) is 2. The van der Waals surface area contributed by atoms with Gasteiger partial charge < -0.3 is 4.57 Å². The molecule has 2 aliphatic carbocycles. The Kier molecular flexibility index (Phi) is 7.05. The summed E-state index contributed by atoms with van der Waals surface area (Å²) in [6, 6.07) is 51.0. The molecular formula is C51H45N3. The molecule has 0 bridgehead atoms. The minimum Gasteiger partial charge on any atom is -0.309 e. The van der Waals surface area contributed by atoms with E-state index in [4.69, 9.17) is 9.97 Å². The van der Waals surface area contributed by atoms with Crippen LogP contribution in [-0.4, -0.2) is 14.5 Å². The fourth-order valence-electron chi connectivity index (χ4n) is 9.43. The average molecular weight is 700 g/mol. The van der Waals surface area contributed by atoms with Crippen LogP contribution in [0.3, 0.4) is 0 Å². The van der Waals surface area contributed by atoms with Gasteiger partial charge in [0.25, 0.3) is 0 Å². The van der Waals surface area contributed by atoms with E-state index in [1.165, 1.54) is 68.0 Å². The second-order valence-corrected chi connectivity index (χ2v) is 17.3. The number of aromatic nitrogens is 3. The lowest BCUT2D eigenvalue weighted by Gasteiger charge is -2.42. The van der Waals surface area contributed by atoms with E-state index >= 15 is 0 Å². The summed E-state index contributed by atoms with van der Waals surface area (Å²) in [5.74, 6) is 0.728. The fourth-order valence-corrected chi connectivity index (χ4v) is 9.43. The van der Waals surface area contributed by atoms with Crippen LogP contribution >= 0.6 is 0 Å². The van der Waals surface area contributed by atoms with Crippen molar-refractivity contribution < 1.29 is 0 Å². The number of rotatable bonds is 4. The fraction of sp³-hybridized carbons (Fsp3) is 0.216.